The molecule has 0 amide bonds. The average molecular weight is 162 g/mol. The molecule has 10 heavy (non-hydrogen) atoms. The molecule has 0 aromatic rings. The van der Waals surface area contributed by atoms with Crippen LogP contribution in [0.25, 0.3) is 0 Å². The molecule has 1 aliphatic heterocycles. The smallest absolute Gasteiger partial charge is 0.305 e. The minimum absolute atomic E-state index is 0.0163. The van der Waals surface area contributed by atoms with Gasteiger partial charge in [0.2, 0.25) is 0 Å². The summed E-state index contributed by atoms with van der Waals surface area (Å²) in [5.74, 6) is 0.627. The highest BCUT2D eigenvalue weighted by molar-refractivity contribution is 7.94. The molecule has 1 rings (SSSR count). The molecule has 0 bridgehead atoms. The number of rotatable bonds is 2. The van der Waals surface area contributed by atoms with Crippen LogP contribution in [0.4, 0.5) is 0 Å². The Labute approximate surface area is 64.3 Å². The molecule has 3 nitrogen and oxygen atoms in total. The van der Waals surface area contributed by atoms with Crippen LogP contribution in [0, 0.1) is 0 Å². The lowest BCUT2D eigenvalue weighted by Gasteiger charge is -2.06. The molecule has 0 aromatic carbocycles. The van der Waals surface area contributed by atoms with Crippen LogP contribution in [0.3, 0.4) is 0 Å². The summed E-state index contributed by atoms with van der Waals surface area (Å²) < 4.78 is 9.92. The van der Waals surface area contributed by atoms with Gasteiger partial charge in [-0.1, -0.05) is 6.92 Å². The van der Waals surface area contributed by atoms with E-state index in [1.165, 1.54) is 12.0 Å². The molecule has 1 atom stereocenters. The lowest BCUT2D eigenvalue weighted by Crippen LogP contribution is -2.19. The van der Waals surface area contributed by atoms with E-state index in [4.69, 9.17) is 8.92 Å². The maximum atomic E-state index is 10.7. The van der Waals surface area contributed by atoms with Gasteiger partial charge in [-0.15, -0.1) is 0 Å². The summed E-state index contributed by atoms with van der Waals surface area (Å²) in [7, 11) is 0. The largest absolute Gasteiger partial charge is 0.459 e. The van der Waals surface area contributed by atoms with Gasteiger partial charge in [0.25, 0.3) is 0 Å². The Morgan fingerprint density at radius 3 is 3.20 bits per heavy atom. The van der Waals surface area contributed by atoms with E-state index in [-0.39, 0.29) is 12.1 Å². The molecule has 0 aliphatic carbocycles. The molecular weight excluding hydrogens is 152 g/mol. The minimum atomic E-state index is -0.142. The first kappa shape index (κ1) is 7.88. The monoisotopic (exact) mass is 162 g/mol. The molecular formula is C6H10O3S. The summed E-state index contributed by atoms with van der Waals surface area (Å²) in [6.45, 7) is 2.32. The Hall–Kier alpha value is -0.220. The van der Waals surface area contributed by atoms with Crippen LogP contribution in [0.15, 0.2) is 0 Å². The van der Waals surface area contributed by atoms with E-state index in [0.717, 1.165) is 5.75 Å². The molecule has 0 saturated carbocycles. The Kier molecular flexibility index (Phi) is 3.02. The van der Waals surface area contributed by atoms with E-state index in [1.54, 1.807) is 6.92 Å². The quantitative estimate of drug-likeness (QED) is 0.448. The summed E-state index contributed by atoms with van der Waals surface area (Å²) >= 11 is 1.36. The Balaban J connectivity index is 2.17. The molecule has 1 aliphatic rings. The number of carbonyl (C=O) groups excluding carboxylic acids is 1. The van der Waals surface area contributed by atoms with Crippen molar-refractivity contribution in [2.45, 2.75) is 19.4 Å². The van der Waals surface area contributed by atoms with Crippen LogP contribution in [0.2, 0.25) is 0 Å². The van der Waals surface area contributed by atoms with E-state index in [2.05, 4.69) is 0 Å². The molecule has 58 valence electrons. The summed E-state index contributed by atoms with van der Waals surface area (Å²) in [6, 6.07) is 0. The van der Waals surface area contributed by atoms with Crippen molar-refractivity contribution in [1.82, 2.24) is 0 Å². The molecule has 1 fully saturated rings. The summed E-state index contributed by atoms with van der Waals surface area (Å²) in [5.41, 5.74) is 0. The lowest BCUT2D eigenvalue weighted by atomic mass is 10.4. The van der Waals surface area contributed by atoms with Crippen molar-refractivity contribution in [2.24, 2.45) is 0 Å². The van der Waals surface area contributed by atoms with Gasteiger partial charge in [-0.2, -0.15) is 0 Å². The van der Waals surface area contributed by atoms with Gasteiger partial charge in [0.1, 0.15) is 6.10 Å². The van der Waals surface area contributed by atoms with E-state index in [0.29, 0.717) is 13.0 Å². The first-order valence-electron chi connectivity index (χ1n) is 3.27. The second kappa shape index (κ2) is 3.83. The highest BCUT2D eigenvalue weighted by Gasteiger charge is 2.19. The van der Waals surface area contributed by atoms with Crippen molar-refractivity contribution in [3.8, 4) is 0 Å². The molecule has 0 aromatic heterocycles. The molecule has 1 heterocycles. The molecule has 1 saturated heterocycles. The van der Waals surface area contributed by atoms with Crippen LogP contribution in [-0.4, -0.2) is 24.4 Å². The summed E-state index contributed by atoms with van der Waals surface area (Å²) in [5, 5.41) is 0. The zero-order valence-electron chi connectivity index (χ0n) is 5.83. The molecule has 0 spiro atoms. The SMILES string of the molecule is CCC(=O)OC1COSC1. The van der Waals surface area contributed by atoms with Crippen molar-refractivity contribution < 1.29 is 13.7 Å². The van der Waals surface area contributed by atoms with Gasteiger partial charge in [0.15, 0.2) is 0 Å². The predicted octanol–water partition coefficient (Wildman–Crippen LogP) is 0.987. The fourth-order valence-electron chi connectivity index (χ4n) is 0.633. The number of ether oxygens (including phenoxy) is 1. The fourth-order valence-corrected chi connectivity index (χ4v) is 1.29. The van der Waals surface area contributed by atoms with Crippen molar-refractivity contribution in [3.63, 3.8) is 0 Å². The van der Waals surface area contributed by atoms with E-state index in [9.17, 15) is 4.79 Å². The van der Waals surface area contributed by atoms with Crippen molar-refractivity contribution in [1.29, 1.82) is 0 Å². The maximum Gasteiger partial charge on any atom is 0.305 e. The van der Waals surface area contributed by atoms with Crippen molar-refractivity contribution >= 4 is 18.0 Å². The second-order valence-corrected chi connectivity index (χ2v) is 2.84. The summed E-state index contributed by atoms with van der Waals surface area (Å²) in [4.78, 5) is 10.7. The maximum absolute atomic E-state index is 10.7. The second-order valence-electron chi connectivity index (χ2n) is 2.03. The molecule has 0 N–H and O–H groups in total. The number of esters is 1. The van der Waals surface area contributed by atoms with Gasteiger partial charge in [-0.25, -0.2) is 0 Å². The lowest BCUT2D eigenvalue weighted by molar-refractivity contribution is -0.148. The van der Waals surface area contributed by atoms with E-state index < -0.39 is 0 Å². The third-order valence-electron chi connectivity index (χ3n) is 1.18. The standard InChI is InChI=1S/C6H10O3S/c1-2-6(7)9-5-3-8-10-4-5/h5H,2-4H2,1H3. The van der Waals surface area contributed by atoms with Crippen LogP contribution >= 0.6 is 12.0 Å². The van der Waals surface area contributed by atoms with Crippen LogP contribution in [0.5, 0.6) is 0 Å². The topological polar surface area (TPSA) is 35.5 Å². The minimum Gasteiger partial charge on any atom is -0.459 e. The number of hydrogen-bond donors (Lipinski definition) is 0. The van der Waals surface area contributed by atoms with Crippen LogP contribution < -0.4 is 0 Å². The van der Waals surface area contributed by atoms with E-state index >= 15 is 0 Å². The zero-order valence-corrected chi connectivity index (χ0v) is 6.65. The predicted molar refractivity (Wildman–Crippen MR) is 38.6 cm³/mol. The van der Waals surface area contributed by atoms with Gasteiger partial charge in [-0.3, -0.25) is 4.79 Å². The summed E-state index contributed by atoms with van der Waals surface area (Å²) in [6.07, 6.45) is 0.429. The molecule has 0 radical (unpaired) electrons. The Morgan fingerprint density at radius 1 is 1.90 bits per heavy atom. The van der Waals surface area contributed by atoms with Crippen molar-refractivity contribution in [3.05, 3.63) is 0 Å². The van der Waals surface area contributed by atoms with Crippen LogP contribution in [-0.2, 0) is 13.7 Å². The first-order chi connectivity index (χ1) is 4.83. The van der Waals surface area contributed by atoms with Gasteiger partial charge in [0, 0.05) is 6.42 Å². The zero-order chi connectivity index (χ0) is 7.40. The van der Waals surface area contributed by atoms with Gasteiger partial charge >= 0.3 is 5.97 Å². The highest BCUT2D eigenvalue weighted by Crippen LogP contribution is 2.17. The van der Waals surface area contributed by atoms with Crippen molar-refractivity contribution in [2.75, 3.05) is 12.4 Å². The van der Waals surface area contributed by atoms with Gasteiger partial charge in [-0.05, 0) is 12.0 Å². The third kappa shape index (κ3) is 2.19. The van der Waals surface area contributed by atoms with E-state index in [1.807, 2.05) is 0 Å². The number of hydrogen-bond acceptors (Lipinski definition) is 4. The van der Waals surface area contributed by atoms with Gasteiger partial charge in [0.05, 0.1) is 12.4 Å². The Morgan fingerprint density at radius 2 is 2.70 bits per heavy atom. The third-order valence-corrected chi connectivity index (χ3v) is 1.99. The Bertz CT molecular complexity index is 120. The fraction of sp³-hybridized carbons (Fsp3) is 0.833. The highest BCUT2D eigenvalue weighted by atomic mass is 32.2. The molecule has 4 heteroatoms. The van der Waals surface area contributed by atoms with Crippen LogP contribution in [0.1, 0.15) is 13.3 Å². The normalized spacial score (nSPS) is 24.7. The first-order valence-corrected chi connectivity index (χ1v) is 4.18. The van der Waals surface area contributed by atoms with Gasteiger partial charge < -0.3 is 8.92 Å². The average Bonchev–Trinajstić information content (AvgIpc) is 2.40. The number of carbonyl (C=O) groups is 1. The molecule has 1 unspecified atom stereocenters.